The van der Waals surface area contributed by atoms with Crippen molar-refractivity contribution >= 4 is 11.6 Å². The summed E-state index contributed by atoms with van der Waals surface area (Å²) >= 11 is 0. The number of fused-ring (bicyclic) bond motifs is 1. The van der Waals surface area contributed by atoms with Gasteiger partial charge in [0.05, 0.1) is 6.04 Å². The minimum Gasteiger partial charge on any atom is -0.373 e. The predicted molar refractivity (Wildman–Crippen MR) is 80.5 cm³/mol. The van der Waals surface area contributed by atoms with Crippen LogP contribution in [0.25, 0.3) is 0 Å². The van der Waals surface area contributed by atoms with Crippen molar-refractivity contribution in [2.24, 2.45) is 0 Å². The van der Waals surface area contributed by atoms with Gasteiger partial charge in [0.2, 0.25) is 5.91 Å². The van der Waals surface area contributed by atoms with E-state index < -0.39 is 0 Å². The molecule has 0 unspecified atom stereocenters. The molecule has 2 N–H and O–H groups in total. The third kappa shape index (κ3) is 2.89. The molecule has 1 aliphatic rings. The van der Waals surface area contributed by atoms with Crippen molar-refractivity contribution in [1.82, 2.24) is 5.32 Å². The van der Waals surface area contributed by atoms with Crippen LogP contribution in [0.1, 0.15) is 24.1 Å². The van der Waals surface area contributed by atoms with Crippen LogP contribution in [0.2, 0.25) is 0 Å². The van der Waals surface area contributed by atoms with Crippen molar-refractivity contribution in [2.45, 2.75) is 25.4 Å². The molecule has 108 valence electrons. The zero-order chi connectivity index (χ0) is 14.8. The first-order valence-corrected chi connectivity index (χ1v) is 7.04. The quantitative estimate of drug-likeness (QED) is 0.909. The highest BCUT2D eigenvalue weighted by Gasteiger charge is 2.27. The molecule has 21 heavy (non-hydrogen) atoms. The summed E-state index contributed by atoms with van der Waals surface area (Å²) in [6.45, 7) is 1.90. The molecule has 1 amide bonds. The van der Waals surface area contributed by atoms with E-state index in [4.69, 9.17) is 0 Å². The zero-order valence-corrected chi connectivity index (χ0v) is 11.8. The van der Waals surface area contributed by atoms with Crippen LogP contribution >= 0.6 is 0 Å². The molecule has 1 aliphatic heterocycles. The van der Waals surface area contributed by atoms with Crippen LogP contribution in [0.3, 0.4) is 0 Å². The fraction of sp³-hybridized carbons (Fsp3) is 0.235. The lowest BCUT2D eigenvalue weighted by Crippen LogP contribution is -2.39. The third-order valence-electron chi connectivity index (χ3n) is 3.82. The number of rotatable bonds is 3. The average Bonchev–Trinajstić information content (AvgIpc) is 2.92. The number of para-hydroxylation sites is 1. The van der Waals surface area contributed by atoms with Gasteiger partial charge in [0, 0.05) is 12.1 Å². The van der Waals surface area contributed by atoms with Crippen LogP contribution < -0.4 is 10.6 Å². The summed E-state index contributed by atoms with van der Waals surface area (Å²) in [5.74, 6) is -0.312. The first-order valence-electron chi connectivity index (χ1n) is 7.04. The summed E-state index contributed by atoms with van der Waals surface area (Å²) in [6.07, 6.45) is 0.693. The lowest BCUT2D eigenvalue weighted by Gasteiger charge is -2.18. The minimum atomic E-state index is -0.273. The molecular weight excluding hydrogens is 267 g/mol. The molecule has 0 bridgehead atoms. The zero-order valence-electron chi connectivity index (χ0n) is 11.8. The second-order valence-corrected chi connectivity index (χ2v) is 5.34. The largest absolute Gasteiger partial charge is 0.373 e. The van der Waals surface area contributed by atoms with Gasteiger partial charge in [-0.2, -0.15) is 0 Å². The van der Waals surface area contributed by atoms with Gasteiger partial charge in [0.15, 0.2) is 0 Å². The Morgan fingerprint density at radius 3 is 2.67 bits per heavy atom. The van der Waals surface area contributed by atoms with Crippen LogP contribution in [-0.2, 0) is 11.2 Å². The molecule has 0 saturated heterocycles. The Hall–Kier alpha value is -2.36. The molecule has 0 radical (unpaired) electrons. The Morgan fingerprint density at radius 1 is 1.24 bits per heavy atom. The van der Waals surface area contributed by atoms with Crippen molar-refractivity contribution < 1.29 is 9.18 Å². The Kier molecular flexibility index (Phi) is 3.60. The van der Waals surface area contributed by atoms with Crippen molar-refractivity contribution in [1.29, 1.82) is 0 Å². The third-order valence-corrected chi connectivity index (χ3v) is 3.82. The number of hydrogen-bond donors (Lipinski definition) is 2. The van der Waals surface area contributed by atoms with Gasteiger partial charge >= 0.3 is 0 Å². The monoisotopic (exact) mass is 284 g/mol. The average molecular weight is 284 g/mol. The van der Waals surface area contributed by atoms with Crippen molar-refractivity contribution in [2.75, 3.05) is 5.32 Å². The minimum absolute atomic E-state index is 0.0389. The fourth-order valence-electron chi connectivity index (χ4n) is 2.60. The number of anilines is 1. The molecule has 0 aromatic heterocycles. The second kappa shape index (κ2) is 5.56. The molecule has 0 spiro atoms. The molecular formula is C17H17FN2O. The van der Waals surface area contributed by atoms with Gasteiger partial charge in [-0.25, -0.2) is 4.39 Å². The van der Waals surface area contributed by atoms with Crippen molar-refractivity contribution in [3.8, 4) is 0 Å². The molecule has 3 nitrogen and oxygen atoms in total. The standard InChI is InChI=1S/C17H17FN2O/c1-11(12-6-8-14(18)9-7-12)19-17(21)16-10-13-4-2-3-5-15(13)20-16/h2-9,11,16,20H,10H2,1H3,(H,19,21)/t11-,16-/m0/s1. The Bertz CT molecular complexity index is 629. The fourth-order valence-corrected chi connectivity index (χ4v) is 2.60. The maximum atomic E-state index is 12.9. The van der Waals surface area contributed by atoms with E-state index >= 15 is 0 Å². The molecule has 2 aromatic carbocycles. The van der Waals surface area contributed by atoms with E-state index in [0.29, 0.717) is 6.42 Å². The normalized spacial score (nSPS) is 17.7. The lowest BCUT2D eigenvalue weighted by atomic mass is 10.1. The molecule has 4 heteroatoms. The number of carbonyl (C=O) groups is 1. The number of nitrogens with one attached hydrogen (secondary N) is 2. The van der Waals surface area contributed by atoms with Crippen LogP contribution in [0, 0.1) is 5.82 Å². The highest BCUT2D eigenvalue weighted by Crippen LogP contribution is 2.25. The van der Waals surface area contributed by atoms with E-state index in [1.165, 1.54) is 12.1 Å². The summed E-state index contributed by atoms with van der Waals surface area (Å²) in [7, 11) is 0. The molecule has 3 rings (SSSR count). The smallest absolute Gasteiger partial charge is 0.243 e. The van der Waals surface area contributed by atoms with Crippen LogP contribution in [0.15, 0.2) is 48.5 Å². The van der Waals surface area contributed by atoms with Crippen LogP contribution in [-0.4, -0.2) is 11.9 Å². The van der Waals surface area contributed by atoms with Gasteiger partial charge in [-0.05, 0) is 36.2 Å². The van der Waals surface area contributed by atoms with Crippen LogP contribution in [0.4, 0.5) is 10.1 Å². The van der Waals surface area contributed by atoms with E-state index in [1.54, 1.807) is 12.1 Å². The number of carbonyl (C=O) groups excluding carboxylic acids is 1. The summed E-state index contributed by atoms with van der Waals surface area (Å²) in [4.78, 5) is 12.3. The second-order valence-electron chi connectivity index (χ2n) is 5.34. The Morgan fingerprint density at radius 2 is 1.95 bits per heavy atom. The molecule has 2 atom stereocenters. The number of hydrogen-bond acceptors (Lipinski definition) is 2. The SMILES string of the molecule is C[C@H](NC(=O)[C@@H]1Cc2ccccc2N1)c1ccc(F)cc1. The van der Waals surface area contributed by atoms with Crippen molar-refractivity contribution in [3.05, 3.63) is 65.5 Å². The first kappa shape index (κ1) is 13.6. The molecule has 0 saturated carbocycles. The topological polar surface area (TPSA) is 41.1 Å². The summed E-state index contributed by atoms with van der Waals surface area (Å²) < 4.78 is 12.9. The van der Waals surface area contributed by atoms with E-state index in [1.807, 2.05) is 31.2 Å². The van der Waals surface area contributed by atoms with Gasteiger partial charge in [0.25, 0.3) is 0 Å². The van der Waals surface area contributed by atoms with E-state index in [9.17, 15) is 9.18 Å². The first-order chi connectivity index (χ1) is 10.1. The van der Waals surface area contributed by atoms with Crippen LogP contribution in [0.5, 0.6) is 0 Å². The van der Waals surface area contributed by atoms with Gasteiger partial charge < -0.3 is 10.6 Å². The van der Waals surface area contributed by atoms with E-state index in [2.05, 4.69) is 10.6 Å². The van der Waals surface area contributed by atoms with Gasteiger partial charge in [-0.3, -0.25) is 4.79 Å². The number of amides is 1. The highest BCUT2D eigenvalue weighted by molar-refractivity contribution is 5.87. The number of halogens is 1. The molecule has 1 heterocycles. The van der Waals surface area contributed by atoms with E-state index in [-0.39, 0.29) is 23.8 Å². The maximum Gasteiger partial charge on any atom is 0.243 e. The number of benzene rings is 2. The van der Waals surface area contributed by atoms with Gasteiger partial charge in [-0.15, -0.1) is 0 Å². The van der Waals surface area contributed by atoms with Crippen molar-refractivity contribution in [3.63, 3.8) is 0 Å². The highest BCUT2D eigenvalue weighted by atomic mass is 19.1. The van der Waals surface area contributed by atoms with Gasteiger partial charge in [-0.1, -0.05) is 30.3 Å². The predicted octanol–water partition coefficient (Wildman–Crippen LogP) is 3.04. The molecule has 0 aliphatic carbocycles. The Labute approximate surface area is 123 Å². The lowest BCUT2D eigenvalue weighted by molar-refractivity contribution is -0.122. The summed E-state index contributed by atoms with van der Waals surface area (Å²) in [6, 6.07) is 13.7. The molecule has 2 aromatic rings. The van der Waals surface area contributed by atoms with Gasteiger partial charge in [0.1, 0.15) is 11.9 Å². The maximum absolute atomic E-state index is 12.9. The Balaban J connectivity index is 1.64. The summed E-state index contributed by atoms with van der Waals surface area (Å²) in [5, 5.41) is 6.20. The summed E-state index contributed by atoms with van der Waals surface area (Å²) in [5.41, 5.74) is 3.07. The van der Waals surface area contributed by atoms with E-state index in [0.717, 1.165) is 16.8 Å². The molecule has 0 fully saturated rings.